The highest BCUT2D eigenvalue weighted by molar-refractivity contribution is 6.00. The van der Waals surface area contributed by atoms with Gasteiger partial charge < -0.3 is 20.8 Å². The number of aromatic nitrogens is 4. The topological polar surface area (TPSA) is 144 Å². The van der Waals surface area contributed by atoms with Gasteiger partial charge in [-0.05, 0) is 23.8 Å². The van der Waals surface area contributed by atoms with E-state index in [-0.39, 0.29) is 11.4 Å². The first kappa shape index (κ1) is 23.1. The molecule has 0 aliphatic carbocycles. The van der Waals surface area contributed by atoms with Gasteiger partial charge in [0.05, 0.1) is 12.7 Å². The van der Waals surface area contributed by atoms with Crippen molar-refractivity contribution < 1.29 is 4.74 Å². The molecule has 6 rings (SSSR count). The molecule has 5 aromatic rings. The fourth-order valence-corrected chi connectivity index (χ4v) is 5.33. The molecule has 188 valence electrons. The molecule has 10 nitrogen and oxygen atoms in total. The van der Waals surface area contributed by atoms with Gasteiger partial charge in [0.1, 0.15) is 34.8 Å². The van der Waals surface area contributed by atoms with E-state index in [0.29, 0.717) is 34.1 Å². The fraction of sp³-hybridized carbons (Fsp3) is 0.143. The molecule has 0 spiro atoms. The lowest BCUT2D eigenvalue weighted by molar-refractivity contribution is 0.414. The van der Waals surface area contributed by atoms with Crippen LogP contribution in [0.4, 0.5) is 17.5 Å². The van der Waals surface area contributed by atoms with Gasteiger partial charge in [0.15, 0.2) is 0 Å². The summed E-state index contributed by atoms with van der Waals surface area (Å²) < 4.78 is 7.83. The van der Waals surface area contributed by atoms with Crippen molar-refractivity contribution in [2.75, 3.05) is 18.2 Å². The van der Waals surface area contributed by atoms with Crippen molar-refractivity contribution in [3.05, 3.63) is 97.8 Å². The summed E-state index contributed by atoms with van der Waals surface area (Å²) in [6, 6.07) is 17.3. The lowest BCUT2D eigenvalue weighted by atomic mass is 9.79. The van der Waals surface area contributed by atoms with Gasteiger partial charge in [-0.2, -0.15) is 5.26 Å². The molecule has 0 radical (unpaired) electrons. The third-order valence-electron chi connectivity index (χ3n) is 7.20. The van der Waals surface area contributed by atoms with Gasteiger partial charge in [-0.1, -0.05) is 30.3 Å². The minimum Gasteiger partial charge on any atom is -0.497 e. The Morgan fingerprint density at radius 2 is 1.79 bits per heavy atom. The number of aromatic amines is 1. The van der Waals surface area contributed by atoms with E-state index in [4.69, 9.17) is 10.5 Å². The Hall–Kier alpha value is -5.30. The second-order valence-corrected chi connectivity index (χ2v) is 9.17. The molecule has 1 unspecified atom stereocenters. The molecule has 0 bridgehead atoms. The Balaban J connectivity index is 1.79. The molecular weight excluding hydrogens is 482 g/mol. The number of hydrogen-bond donors (Lipinski definition) is 3. The van der Waals surface area contributed by atoms with Crippen LogP contribution in [0.15, 0.2) is 64.3 Å². The average molecular weight is 506 g/mol. The van der Waals surface area contributed by atoms with E-state index in [0.717, 1.165) is 26.6 Å². The van der Waals surface area contributed by atoms with Crippen LogP contribution in [0.25, 0.3) is 22.0 Å². The van der Waals surface area contributed by atoms with Crippen molar-refractivity contribution in [2.24, 2.45) is 14.1 Å². The van der Waals surface area contributed by atoms with E-state index < -0.39 is 17.2 Å². The number of methoxy groups -OCH3 is 1. The van der Waals surface area contributed by atoms with E-state index in [1.54, 1.807) is 14.2 Å². The Morgan fingerprint density at radius 3 is 2.50 bits per heavy atom. The van der Waals surface area contributed by atoms with Crippen LogP contribution in [-0.4, -0.2) is 26.2 Å². The smallest absolute Gasteiger partial charge is 0.332 e. The van der Waals surface area contributed by atoms with Crippen LogP contribution >= 0.6 is 0 Å². The van der Waals surface area contributed by atoms with Crippen LogP contribution < -0.4 is 27.0 Å². The highest BCUT2D eigenvalue weighted by atomic mass is 16.5. The van der Waals surface area contributed by atoms with E-state index in [1.165, 1.54) is 11.6 Å². The first-order chi connectivity index (χ1) is 18.3. The number of hydrogen-bond acceptors (Lipinski definition) is 7. The highest BCUT2D eigenvalue weighted by Crippen LogP contribution is 2.49. The molecule has 1 aliphatic heterocycles. The number of pyridine rings is 1. The zero-order valence-electron chi connectivity index (χ0n) is 20.9. The summed E-state index contributed by atoms with van der Waals surface area (Å²) in [5.74, 6) is 0.735. The number of ether oxygens (including phenoxy) is 1. The number of nitriles is 1. The monoisotopic (exact) mass is 505 g/mol. The third kappa shape index (κ3) is 3.15. The van der Waals surface area contributed by atoms with Crippen LogP contribution in [0.5, 0.6) is 5.75 Å². The molecule has 0 saturated heterocycles. The zero-order chi connectivity index (χ0) is 26.7. The second-order valence-electron chi connectivity index (χ2n) is 9.17. The number of nitrogens with two attached hydrogens (primary N) is 1. The van der Waals surface area contributed by atoms with Gasteiger partial charge in [-0.3, -0.25) is 13.9 Å². The molecule has 3 aromatic heterocycles. The van der Waals surface area contributed by atoms with E-state index in [1.807, 2.05) is 54.7 Å². The van der Waals surface area contributed by atoms with Crippen molar-refractivity contribution in [3.63, 3.8) is 0 Å². The van der Waals surface area contributed by atoms with Gasteiger partial charge in [0.2, 0.25) is 0 Å². The Bertz CT molecular complexity index is 1920. The maximum atomic E-state index is 13.7. The minimum absolute atomic E-state index is 0.0461. The zero-order valence-corrected chi connectivity index (χ0v) is 20.9. The molecule has 0 fully saturated rings. The molecule has 1 aliphatic rings. The molecular formula is C28H23N7O3. The van der Waals surface area contributed by atoms with Crippen LogP contribution in [0, 0.1) is 11.3 Å². The van der Waals surface area contributed by atoms with Crippen molar-refractivity contribution in [1.82, 2.24) is 19.1 Å². The van der Waals surface area contributed by atoms with E-state index >= 15 is 0 Å². The largest absolute Gasteiger partial charge is 0.497 e. The molecule has 0 saturated carbocycles. The van der Waals surface area contributed by atoms with Crippen molar-refractivity contribution >= 4 is 28.4 Å². The van der Waals surface area contributed by atoms with Crippen molar-refractivity contribution in [1.29, 1.82) is 5.26 Å². The maximum Gasteiger partial charge on any atom is 0.332 e. The number of nitrogens with zero attached hydrogens (tertiary/aromatic N) is 4. The Labute approximate surface area is 216 Å². The number of nitrogen functional groups attached to an aromatic ring is 1. The predicted molar refractivity (Wildman–Crippen MR) is 145 cm³/mol. The summed E-state index contributed by atoms with van der Waals surface area (Å²) in [6.07, 6.45) is 1.83. The summed E-state index contributed by atoms with van der Waals surface area (Å²) >= 11 is 0. The van der Waals surface area contributed by atoms with Crippen LogP contribution in [0.1, 0.15) is 28.2 Å². The van der Waals surface area contributed by atoms with Crippen LogP contribution in [0.2, 0.25) is 0 Å². The van der Waals surface area contributed by atoms with Gasteiger partial charge in [-0.15, -0.1) is 0 Å². The second kappa shape index (κ2) is 8.38. The Kier molecular flexibility index (Phi) is 5.10. The molecule has 4 heterocycles. The van der Waals surface area contributed by atoms with E-state index in [2.05, 4.69) is 21.4 Å². The molecule has 38 heavy (non-hydrogen) atoms. The minimum atomic E-state index is -0.665. The summed E-state index contributed by atoms with van der Waals surface area (Å²) in [4.78, 5) is 34.4. The quantitative estimate of drug-likeness (QED) is 0.335. The standard InChI is InChI=1S/C28H23N7O3/c1-34-26-23(27(36)35(2)28(34)37)20(14-8-10-15(38-3)11-9-14)22-21(17(12-29)24(30)32-25(22)33-26)18-13-31-19-7-5-4-6-16(18)19/h4-11,13,20,31H,1-3H3,(H3,30,32,33). The van der Waals surface area contributed by atoms with E-state index in [9.17, 15) is 14.9 Å². The molecule has 1 atom stereocenters. The SMILES string of the molecule is COc1ccc(C2c3c(nc(N)c(C#N)c3-c3c[nH]c4ccccc34)Nc3c2c(=O)n(C)c(=O)n3C)cc1. The average Bonchev–Trinajstić information content (AvgIpc) is 3.37. The normalized spacial score (nSPS) is 13.9. The molecule has 0 amide bonds. The molecule has 10 heteroatoms. The van der Waals surface area contributed by atoms with Gasteiger partial charge in [0.25, 0.3) is 5.56 Å². The van der Waals surface area contributed by atoms with Gasteiger partial charge in [0, 0.05) is 53.8 Å². The van der Waals surface area contributed by atoms with Crippen molar-refractivity contribution in [3.8, 4) is 22.9 Å². The summed E-state index contributed by atoms with van der Waals surface area (Å²) in [7, 11) is 4.63. The number of para-hydroxylation sites is 1. The molecule has 2 aromatic carbocycles. The highest BCUT2D eigenvalue weighted by Gasteiger charge is 2.37. The number of fused-ring (bicyclic) bond motifs is 3. The summed E-state index contributed by atoms with van der Waals surface area (Å²) in [5, 5.41) is 14.3. The van der Waals surface area contributed by atoms with Gasteiger partial charge in [-0.25, -0.2) is 9.78 Å². The first-order valence-corrected chi connectivity index (χ1v) is 11.9. The lowest BCUT2D eigenvalue weighted by Crippen LogP contribution is -2.42. The maximum absolute atomic E-state index is 13.7. The predicted octanol–water partition coefficient (Wildman–Crippen LogP) is 3.33. The number of H-pyrrole nitrogens is 1. The number of nitrogens with one attached hydrogen (secondary N) is 2. The fourth-order valence-electron chi connectivity index (χ4n) is 5.33. The van der Waals surface area contributed by atoms with Crippen LogP contribution in [-0.2, 0) is 14.1 Å². The van der Waals surface area contributed by atoms with Gasteiger partial charge >= 0.3 is 5.69 Å². The Morgan fingerprint density at radius 1 is 1.05 bits per heavy atom. The summed E-state index contributed by atoms with van der Waals surface area (Å²) in [6.45, 7) is 0. The third-order valence-corrected chi connectivity index (χ3v) is 7.20. The number of rotatable bonds is 3. The summed E-state index contributed by atoms with van der Waals surface area (Å²) in [5.41, 5.74) is 9.59. The molecule has 4 N–H and O–H groups in total. The lowest BCUT2D eigenvalue weighted by Gasteiger charge is -2.32. The first-order valence-electron chi connectivity index (χ1n) is 11.9. The van der Waals surface area contributed by atoms with Crippen LogP contribution in [0.3, 0.4) is 0 Å². The number of benzene rings is 2. The number of anilines is 3. The van der Waals surface area contributed by atoms with Crippen molar-refractivity contribution in [2.45, 2.75) is 5.92 Å².